The van der Waals surface area contributed by atoms with Crippen molar-refractivity contribution < 1.29 is 4.79 Å². The number of nitrogens with two attached hydrogens (primary N) is 1. The minimum atomic E-state index is 0.287. The van der Waals surface area contributed by atoms with Gasteiger partial charge in [0.1, 0.15) is 0 Å². The Hall–Kier alpha value is -0.870. The first-order chi connectivity index (χ1) is 8.31. The van der Waals surface area contributed by atoms with Crippen LogP contribution >= 0.6 is 11.3 Å². The summed E-state index contributed by atoms with van der Waals surface area (Å²) in [6.45, 7) is 1.51. The van der Waals surface area contributed by atoms with Crippen LogP contribution in [-0.4, -0.2) is 29.9 Å². The van der Waals surface area contributed by atoms with E-state index in [0.29, 0.717) is 19.0 Å². The molecule has 0 aliphatic carbocycles. The molecule has 1 amide bonds. The number of hydrogen-bond acceptors (Lipinski definition) is 3. The molecule has 0 radical (unpaired) electrons. The molecule has 1 aromatic rings. The topological polar surface area (TPSA) is 46.3 Å². The Morgan fingerprint density at radius 3 is 3.18 bits per heavy atom. The molecule has 3 nitrogen and oxygen atoms in total. The third-order valence-corrected chi connectivity index (χ3v) is 4.30. The zero-order chi connectivity index (χ0) is 12.1. The maximum Gasteiger partial charge on any atom is 0.222 e. The first kappa shape index (κ1) is 12.6. The minimum absolute atomic E-state index is 0.287. The van der Waals surface area contributed by atoms with Gasteiger partial charge in [0.2, 0.25) is 5.91 Å². The molecule has 1 saturated heterocycles. The second-order valence-corrected chi connectivity index (χ2v) is 5.58. The molecular weight excluding hydrogens is 232 g/mol. The Bertz CT molecular complexity index is 350. The molecule has 4 heteroatoms. The average molecular weight is 252 g/mol. The van der Waals surface area contributed by atoms with Gasteiger partial charge in [0.25, 0.3) is 0 Å². The van der Waals surface area contributed by atoms with Crippen LogP contribution in [0.4, 0.5) is 0 Å². The van der Waals surface area contributed by atoms with Gasteiger partial charge in [0, 0.05) is 30.4 Å². The summed E-state index contributed by atoms with van der Waals surface area (Å²) >= 11 is 1.77. The lowest BCUT2D eigenvalue weighted by atomic mass is 10.2. The highest BCUT2D eigenvalue weighted by Crippen LogP contribution is 2.18. The van der Waals surface area contributed by atoms with Crippen LogP contribution < -0.4 is 5.73 Å². The van der Waals surface area contributed by atoms with Crippen LogP contribution in [0.1, 0.15) is 30.6 Å². The lowest BCUT2D eigenvalue weighted by Crippen LogP contribution is -2.39. The summed E-state index contributed by atoms with van der Waals surface area (Å²) < 4.78 is 0. The van der Waals surface area contributed by atoms with Crippen molar-refractivity contribution in [2.24, 2.45) is 5.73 Å². The van der Waals surface area contributed by atoms with Gasteiger partial charge in [-0.05, 0) is 37.1 Å². The highest BCUT2D eigenvalue weighted by Gasteiger charge is 2.26. The number of hydrogen-bond donors (Lipinski definition) is 1. The number of rotatable bonds is 5. The van der Waals surface area contributed by atoms with E-state index in [-0.39, 0.29) is 5.91 Å². The summed E-state index contributed by atoms with van der Waals surface area (Å²) in [6.07, 6.45) is 4.82. The Balaban J connectivity index is 1.73. The van der Waals surface area contributed by atoms with Gasteiger partial charge in [-0.3, -0.25) is 4.79 Å². The standard InChI is InChI=1S/C13H20N2OS/c14-10-11-4-2-8-15(11)13(16)7-1-5-12-6-3-9-17-12/h3,6,9,11H,1-2,4-5,7-8,10,14H2. The number of thiophene rings is 1. The number of aryl methyl sites for hydroxylation is 1. The Morgan fingerprint density at radius 2 is 2.47 bits per heavy atom. The average Bonchev–Trinajstić information content (AvgIpc) is 2.99. The maximum atomic E-state index is 12.0. The Kier molecular flexibility index (Phi) is 4.57. The van der Waals surface area contributed by atoms with E-state index in [9.17, 15) is 4.79 Å². The van der Waals surface area contributed by atoms with Crippen molar-refractivity contribution in [1.82, 2.24) is 4.90 Å². The molecule has 0 aromatic carbocycles. The third-order valence-electron chi connectivity index (χ3n) is 3.36. The smallest absolute Gasteiger partial charge is 0.222 e. The summed E-state index contributed by atoms with van der Waals surface area (Å²) in [4.78, 5) is 15.4. The van der Waals surface area contributed by atoms with Crippen molar-refractivity contribution >= 4 is 17.2 Å². The summed E-state index contributed by atoms with van der Waals surface area (Å²) in [5, 5.41) is 2.09. The van der Waals surface area contributed by atoms with E-state index in [1.54, 1.807) is 11.3 Å². The van der Waals surface area contributed by atoms with Crippen LogP contribution in [0.15, 0.2) is 17.5 Å². The van der Waals surface area contributed by atoms with Gasteiger partial charge in [-0.2, -0.15) is 0 Å². The van der Waals surface area contributed by atoms with Gasteiger partial charge >= 0.3 is 0 Å². The van der Waals surface area contributed by atoms with Gasteiger partial charge in [0.15, 0.2) is 0 Å². The molecule has 1 unspecified atom stereocenters. The monoisotopic (exact) mass is 252 g/mol. The minimum Gasteiger partial charge on any atom is -0.338 e. The summed E-state index contributed by atoms with van der Waals surface area (Å²) in [5.74, 6) is 0.287. The zero-order valence-electron chi connectivity index (χ0n) is 10.1. The molecule has 0 spiro atoms. The van der Waals surface area contributed by atoms with Crippen LogP contribution in [0.2, 0.25) is 0 Å². The Labute approximate surface area is 107 Å². The number of nitrogens with zero attached hydrogens (tertiary/aromatic N) is 1. The van der Waals surface area contributed by atoms with Gasteiger partial charge in [-0.1, -0.05) is 6.07 Å². The summed E-state index contributed by atoms with van der Waals surface area (Å²) in [7, 11) is 0. The number of carbonyl (C=O) groups is 1. The highest BCUT2D eigenvalue weighted by molar-refractivity contribution is 7.09. The van der Waals surface area contributed by atoms with E-state index in [0.717, 1.165) is 32.2 Å². The molecule has 1 aliphatic heterocycles. The number of carbonyl (C=O) groups excluding carboxylic acids is 1. The van der Waals surface area contributed by atoms with Crippen LogP contribution in [0.3, 0.4) is 0 Å². The zero-order valence-corrected chi connectivity index (χ0v) is 10.9. The Morgan fingerprint density at radius 1 is 1.59 bits per heavy atom. The normalized spacial score (nSPS) is 19.8. The molecule has 2 N–H and O–H groups in total. The SMILES string of the molecule is NCC1CCCN1C(=O)CCCc1cccs1. The number of amides is 1. The van der Waals surface area contributed by atoms with Crippen molar-refractivity contribution in [2.45, 2.75) is 38.1 Å². The maximum absolute atomic E-state index is 12.0. The van der Waals surface area contributed by atoms with E-state index >= 15 is 0 Å². The first-order valence-corrected chi connectivity index (χ1v) is 7.21. The predicted octanol–water partition coefficient (Wildman–Crippen LogP) is 2.02. The van der Waals surface area contributed by atoms with Crippen LogP contribution in [0, 0.1) is 0 Å². The molecule has 2 heterocycles. The van der Waals surface area contributed by atoms with E-state index in [4.69, 9.17) is 5.73 Å². The molecule has 2 rings (SSSR count). The largest absolute Gasteiger partial charge is 0.338 e. The molecular formula is C13H20N2OS. The highest BCUT2D eigenvalue weighted by atomic mass is 32.1. The number of likely N-dealkylation sites (tertiary alicyclic amines) is 1. The van der Waals surface area contributed by atoms with Gasteiger partial charge in [-0.15, -0.1) is 11.3 Å². The van der Waals surface area contributed by atoms with E-state index < -0.39 is 0 Å². The van der Waals surface area contributed by atoms with Crippen molar-refractivity contribution in [3.8, 4) is 0 Å². The van der Waals surface area contributed by atoms with Crippen LogP contribution in [-0.2, 0) is 11.2 Å². The van der Waals surface area contributed by atoms with Crippen molar-refractivity contribution in [2.75, 3.05) is 13.1 Å². The van der Waals surface area contributed by atoms with Crippen LogP contribution in [0.5, 0.6) is 0 Å². The van der Waals surface area contributed by atoms with E-state index in [2.05, 4.69) is 17.5 Å². The molecule has 1 aliphatic rings. The second-order valence-electron chi connectivity index (χ2n) is 4.55. The molecule has 0 bridgehead atoms. The third kappa shape index (κ3) is 3.30. The van der Waals surface area contributed by atoms with E-state index in [1.807, 2.05) is 4.90 Å². The van der Waals surface area contributed by atoms with E-state index in [1.165, 1.54) is 4.88 Å². The van der Waals surface area contributed by atoms with Crippen molar-refractivity contribution in [3.63, 3.8) is 0 Å². The molecule has 17 heavy (non-hydrogen) atoms. The van der Waals surface area contributed by atoms with Crippen LogP contribution in [0.25, 0.3) is 0 Å². The summed E-state index contributed by atoms with van der Waals surface area (Å²) in [6, 6.07) is 4.49. The van der Waals surface area contributed by atoms with Crippen molar-refractivity contribution in [1.29, 1.82) is 0 Å². The molecule has 1 fully saturated rings. The lowest BCUT2D eigenvalue weighted by molar-refractivity contribution is -0.131. The fraction of sp³-hybridized carbons (Fsp3) is 0.615. The quantitative estimate of drug-likeness (QED) is 0.871. The molecule has 1 atom stereocenters. The second kappa shape index (κ2) is 6.17. The molecule has 0 saturated carbocycles. The van der Waals surface area contributed by atoms with Crippen molar-refractivity contribution in [3.05, 3.63) is 22.4 Å². The molecule has 1 aromatic heterocycles. The van der Waals surface area contributed by atoms with Gasteiger partial charge < -0.3 is 10.6 Å². The molecule has 94 valence electrons. The predicted molar refractivity (Wildman–Crippen MR) is 71.0 cm³/mol. The lowest BCUT2D eigenvalue weighted by Gasteiger charge is -2.23. The van der Waals surface area contributed by atoms with Gasteiger partial charge in [0.05, 0.1) is 0 Å². The van der Waals surface area contributed by atoms with Gasteiger partial charge in [-0.25, -0.2) is 0 Å². The summed E-state index contributed by atoms with van der Waals surface area (Å²) in [5.41, 5.74) is 5.68. The fourth-order valence-electron chi connectivity index (χ4n) is 2.42. The first-order valence-electron chi connectivity index (χ1n) is 6.33. The fourth-order valence-corrected chi connectivity index (χ4v) is 3.17.